The summed E-state index contributed by atoms with van der Waals surface area (Å²) in [5.41, 5.74) is 6.31. The third-order valence-corrected chi connectivity index (χ3v) is 6.38. The van der Waals surface area contributed by atoms with Gasteiger partial charge in [0.15, 0.2) is 0 Å². The quantitative estimate of drug-likeness (QED) is 0.565. The Hall–Kier alpha value is -2.57. The molecule has 1 saturated heterocycles. The molecule has 0 bridgehead atoms. The second-order valence-electron chi connectivity index (χ2n) is 7.71. The molecule has 2 atom stereocenters. The summed E-state index contributed by atoms with van der Waals surface area (Å²) in [6.07, 6.45) is 6.10. The minimum absolute atomic E-state index is 0. The number of amides is 1. The Balaban J connectivity index is 0.00000218. The van der Waals surface area contributed by atoms with E-state index in [1.807, 2.05) is 30.3 Å². The van der Waals surface area contributed by atoms with Crippen molar-refractivity contribution in [2.45, 2.75) is 37.6 Å². The fourth-order valence-electron chi connectivity index (χ4n) is 4.87. The van der Waals surface area contributed by atoms with Crippen LogP contribution in [0.2, 0.25) is 5.02 Å². The molecule has 3 aromatic rings. The van der Waals surface area contributed by atoms with E-state index in [2.05, 4.69) is 15.2 Å². The predicted molar refractivity (Wildman–Crippen MR) is 117 cm³/mol. The highest BCUT2D eigenvalue weighted by molar-refractivity contribution is 6.30. The second kappa shape index (κ2) is 8.28. The molecule has 6 nitrogen and oxygen atoms in total. The maximum atomic E-state index is 12.2. The molecule has 2 aromatic heterocycles. The Labute approximate surface area is 185 Å². The Bertz CT molecular complexity index is 1070. The van der Waals surface area contributed by atoms with Gasteiger partial charge in [0.1, 0.15) is 0 Å². The lowest BCUT2D eigenvalue weighted by atomic mass is 9.79. The largest absolute Gasteiger partial charge is 0.465 e. The van der Waals surface area contributed by atoms with Crippen molar-refractivity contribution in [2.24, 2.45) is 0 Å². The van der Waals surface area contributed by atoms with E-state index >= 15 is 0 Å². The summed E-state index contributed by atoms with van der Waals surface area (Å²) < 4.78 is 0. The van der Waals surface area contributed by atoms with E-state index in [4.69, 9.17) is 11.6 Å². The number of carbonyl (C=O) groups is 1. The summed E-state index contributed by atoms with van der Waals surface area (Å²) in [7, 11) is 0. The van der Waals surface area contributed by atoms with Gasteiger partial charge in [-0.15, -0.1) is 12.4 Å². The fourth-order valence-corrected chi connectivity index (χ4v) is 5.07. The molecule has 1 fully saturated rings. The van der Waals surface area contributed by atoms with Crippen LogP contribution in [0.25, 0.3) is 11.1 Å². The van der Waals surface area contributed by atoms with Gasteiger partial charge in [-0.05, 0) is 66.6 Å². The summed E-state index contributed by atoms with van der Waals surface area (Å²) in [6, 6.07) is 9.55. The highest BCUT2D eigenvalue weighted by Gasteiger charge is 2.40. The van der Waals surface area contributed by atoms with Crippen LogP contribution in [0.15, 0.2) is 42.7 Å². The molecule has 0 saturated carbocycles. The van der Waals surface area contributed by atoms with Crippen molar-refractivity contribution in [3.63, 3.8) is 0 Å². The van der Waals surface area contributed by atoms with Crippen LogP contribution in [0, 0.1) is 0 Å². The summed E-state index contributed by atoms with van der Waals surface area (Å²) >= 11 is 6.22. The molecule has 5 rings (SSSR count). The first-order valence-corrected chi connectivity index (χ1v) is 10.3. The number of H-pyrrole nitrogens is 1. The van der Waals surface area contributed by atoms with Gasteiger partial charge in [0.2, 0.25) is 0 Å². The van der Waals surface area contributed by atoms with Crippen LogP contribution in [0.3, 0.4) is 0 Å². The Morgan fingerprint density at radius 3 is 2.77 bits per heavy atom. The second-order valence-corrected chi connectivity index (χ2v) is 8.15. The molecule has 2 aliphatic rings. The summed E-state index contributed by atoms with van der Waals surface area (Å²) in [6.45, 7) is 0.511. The van der Waals surface area contributed by atoms with Crippen LogP contribution in [-0.4, -0.2) is 37.8 Å². The number of likely N-dealkylation sites (tertiary alicyclic amines) is 1. The number of pyridine rings is 1. The molecule has 2 N–H and O–H groups in total. The van der Waals surface area contributed by atoms with Gasteiger partial charge < -0.3 is 5.11 Å². The zero-order chi connectivity index (χ0) is 20.0. The van der Waals surface area contributed by atoms with E-state index in [9.17, 15) is 9.90 Å². The minimum Gasteiger partial charge on any atom is -0.465 e. The van der Waals surface area contributed by atoms with Gasteiger partial charge in [-0.25, -0.2) is 4.79 Å². The number of benzene rings is 1. The van der Waals surface area contributed by atoms with Crippen molar-refractivity contribution in [3.05, 3.63) is 70.3 Å². The molecular weight excluding hydrogens is 423 g/mol. The monoisotopic (exact) mass is 444 g/mol. The zero-order valence-corrected chi connectivity index (χ0v) is 17.8. The number of nitrogens with zero attached hydrogens (tertiary/aromatic N) is 3. The van der Waals surface area contributed by atoms with Crippen molar-refractivity contribution in [1.82, 2.24) is 20.1 Å². The Morgan fingerprint density at radius 2 is 2.00 bits per heavy atom. The normalized spacial score (nSPS) is 20.1. The van der Waals surface area contributed by atoms with Crippen molar-refractivity contribution in [1.29, 1.82) is 0 Å². The van der Waals surface area contributed by atoms with Gasteiger partial charge in [0, 0.05) is 41.1 Å². The molecule has 8 heteroatoms. The Morgan fingerprint density at radius 1 is 1.20 bits per heavy atom. The first-order valence-electron chi connectivity index (χ1n) is 9.89. The number of hydrogen-bond acceptors (Lipinski definition) is 3. The molecule has 156 valence electrons. The molecule has 3 heterocycles. The number of hydrogen-bond donors (Lipinski definition) is 2. The van der Waals surface area contributed by atoms with Gasteiger partial charge in [-0.1, -0.05) is 17.7 Å². The van der Waals surface area contributed by atoms with Gasteiger partial charge >= 0.3 is 6.09 Å². The first kappa shape index (κ1) is 20.7. The van der Waals surface area contributed by atoms with Crippen molar-refractivity contribution < 1.29 is 9.90 Å². The number of carboxylic acid groups (broad SMARTS) is 1. The lowest BCUT2D eigenvalue weighted by Gasteiger charge is -2.39. The van der Waals surface area contributed by atoms with E-state index in [0.717, 1.165) is 58.8 Å². The van der Waals surface area contributed by atoms with Crippen LogP contribution in [-0.2, 0) is 12.8 Å². The minimum atomic E-state index is -0.905. The predicted octanol–water partition coefficient (Wildman–Crippen LogP) is 5.24. The highest BCUT2D eigenvalue weighted by Crippen LogP contribution is 2.47. The average molecular weight is 445 g/mol. The van der Waals surface area contributed by atoms with E-state index in [-0.39, 0.29) is 24.4 Å². The van der Waals surface area contributed by atoms with Crippen LogP contribution in [0.4, 0.5) is 4.79 Å². The standard InChI is InChI=1S/C22H21ClN4O2.ClH/c23-15-4-5-16-14(12-15)3-6-18-19(16)20(26-25-18)21-17(13-7-9-24-10-8-13)2-1-11-27(21)22(28)29;/h4-5,7-10,12,17,21H,1-3,6,11H2,(H,25,26)(H,28,29);1H. The highest BCUT2D eigenvalue weighted by atomic mass is 35.5. The average Bonchev–Trinajstić information content (AvgIpc) is 3.17. The van der Waals surface area contributed by atoms with E-state index in [0.29, 0.717) is 6.54 Å². The number of aryl methyl sites for hydroxylation is 2. The lowest BCUT2D eigenvalue weighted by molar-refractivity contribution is 0.0950. The van der Waals surface area contributed by atoms with Crippen molar-refractivity contribution in [3.8, 4) is 11.1 Å². The number of rotatable bonds is 2. The van der Waals surface area contributed by atoms with Crippen LogP contribution in [0.1, 0.15) is 47.3 Å². The maximum absolute atomic E-state index is 12.2. The summed E-state index contributed by atoms with van der Waals surface area (Å²) in [4.78, 5) is 17.8. The maximum Gasteiger partial charge on any atom is 0.407 e. The molecule has 0 radical (unpaired) electrons. The number of aromatic nitrogens is 3. The molecule has 1 aliphatic carbocycles. The number of aromatic amines is 1. The first-order chi connectivity index (χ1) is 14.1. The van der Waals surface area contributed by atoms with Gasteiger partial charge in [-0.3, -0.25) is 15.0 Å². The molecule has 30 heavy (non-hydrogen) atoms. The van der Waals surface area contributed by atoms with Crippen LogP contribution in [0.5, 0.6) is 0 Å². The van der Waals surface area contributed by atoms with Crippen molar-refractivity contribution >= 4 is 30.1 Å². The topological polar surface area (TPSA) is 82.1 Å². The lowest BCUT2D eigenvalue weighted by Crippen LogP contribution is -2.41. The summed E-state index contributed by atoms with van der Waals surface area (Å²) in [5, 5.41) is 18.6. The van der Waals surface area contributed by atoms with E-state index < -0.39 is 6.09 Å². The number of fused-ring (bicyclic) bond motifs is 3. The van der Waals surface area contributed by atoms with Crippen LogP contribution < -0.4 is 0 Å². The molecule has 1 aliphatic heterocycles. The molecule has 0 spiro atoms. The van der Waals surface area contributed by atoms with Gasteiger partial charge in [0.05, 0.1) is 11.7 Å². The van der Waals surface area contributed by atoms with Crippen LogP contribution >= 0.6 is 24.0 Å². The number of piperidine rings is 1. The van der Waals surface area contributed by atoms with Gasteiger partial charge in [0.25, 0.3) is 0 Å². The molecule has 1 amide bonds. The SMILES string of the molecule is Cl.O=C(O)N1CCCC(c2ccncc2)C1c1n[nH]c2c1-c1ccc(Cl)cc1CC2. The molecule has 2 unspecified atom stereocenters. The van der Waals surface area contributed by atoms with Crippen molar-refractivity contribution in [2.75, 3.05) is 6.54 Å². The third-order valence-electron chi connectivity index (χ3n) is 6.14. The summed E-state index contributed by atoms with van der Waals surface area (Å²) in [5.74, 6) is 0.0351. The van der Waals surface area contributed by atoms with E-state index in [1.165, 1.54) is 5.56 Å². The van der Waals surface area contributed by atoms with Gasteiger partial charge in [-0.2, -0.15) is 5.10 Å². The number of halogens is 2. The zero-order valence-electron chi connectivity index (χ0n) is 16.2. The molecule has 1 aromatic carbocycles. The van der Waals surface area contributed by atoms with E-state index in [1.54, 1.807) is 17.3 Å². The number of nitrogens with one attached hydrogen (secondary N) is 1. The third kappa shape index (κ3) is 3.44. The molecular formula is C22H22Cl2N4O2. The fraction of sp³-hybridized carbons (Fsp3) is 0.318. The smallest absolute Gasteiger partial charge is 0.407 e. The Kier molecular flexibility index (Phi) is 5.71.